The molecule has 1 heterocycles. The molecule has 1 aromatic carbocycles. The van der Waals surface area contributed by atoms with Gasteiger partial charge in [-0.15, -0.1) is 0 Å². The molecule has 3 N–H and O–H groups in total. The fraction of sp³-hybridized carbons (Fsp3) is 0.471. The Balaban J connectivity index is 2.19. The van der Waals surface area contributed by atoms with Crippen molar-refractivity contribution < 1.29 is 36.7 Å². The average molecular weight is 420 g/mol. The Bertz CT molecular complexity index is 787. The predicted molar refractivity (Wildman–Crippen MR) is 94.5 cm³/mol. The highest BCUT2D eigenvalue weighted by Gasteiger charge is 2.38. The van der Waals surface area contributed by atoms with Crippen LogP contribution in [0.2, 0.25) is 0 Å². The van der Waals surface area contributed by atoms with E-state index >= 15 is 0 Å². The van der Waals surface area contributed by atoms with Crippen LogP contribution in [0.4, 0.5) is 28.9 Å². The quantitative estimate of drug-likeness (QED) is 0.503. The second-order valence-corrected chi connectivity index (χ2v) is 6.23. The van der Waals surface area contributed by atoms with Crippen molar-refractivity contribution in [1.82, 2.24) is 4.90 Å². The highest BCUT2D eigenvalue weighted by atomic mass is 19.4. The van der Waals surface area contributed by atoms with E-state index < -0.39 is 36.4 Å². The molecule has 1 saturated heterocycles. The summed E-state index contributed by atoms with van der Waals surface area (Å²) in [5.41, 5.74) is 4.97. The number of nitrogens with one attached hydrogen (secondary N) is 1. The summed E-state index contributed by atoms with van der Waals surface area (Å²) < 4.78 is 57.5. The molecule has 1 atom stereocenters. The summed E-state index contributed by atoms with van der Waals surface area (Å²) in [5.74, 6) is -3.80. The molecule has 1 aromatic rings. The summed E-state index contributed by atoms with van der Waals surface area (Å²) in [7, 11) is 0. The molecule has 0 bridgehead atoms. The van der Waals surface area contributed by atoms with Crippen LogP contribution in [0.5, 0.6) is 0 Å². The van der Waals surface area contributed by atoms with Crippen molar-refractivity contribution in [2.24, 2.45) is 5.73 Å². The Hall–Kier alpha value is -2.73. The van der Waals surface area contributed by atoms with Crippen LogP contribution in [0.25, 0.3) is 0 Å². The van der Waals surface area contributed by atoms with Crippen LogP contribution in [-0.2, 0) is 19.1 Å². The molecule has 0 radical (unpaired) electrons. The molecule has 0 aromatic heterocycles. The summed E-state index contributed by atoms with van der Waals surface area (Å²) >= 11 is 0. The van der Waals surface area contributed by atoms with Gasteiger partial charge in [0.25, 0.3) is 11.8 Å². The lowest BCUT2D eigenvalue weighted by Crippen LogP contribution is -2.54. The number of alkyl halides is 3. The van der Waals surface area contributed by atoms with Gasteiger partial charge in [0.05, 0.1) is 18.8 Å². The maximum absolute atomic E-state index is 14.4. The minimum absolute atomic E-state index is 0.146. The van der Waals surface area contributed by atoms with E-state index in [9.17, 15) is 31.9 Å². The van der Waals surface area contributed by atoms with Gasteiger partial charge in [-0.3, -0.25) is 19.3 Å². The van der Waals surface area contributed by atoms with Gasteiger partial charge < -0.3 is 20.7 Å². The molecule has 29 heavy (non-hydrogen) atoms. The van der Waals surface area contributed by atoms with E-state index in [1.54, 1.807) is 0 Å². The summed E-state index contributed by atoms with van der Waals surface area (Å²) in [6, 6.07) is 1.55. The van der Waals surface area contributed by atoms with Gasteiger partial charge in [0.1, 0.15) is 12.4 Å². The number of halogens is 4. The van der Waals surface area contributed by atoms with E-state index in [4.69, 9.17) is 10.5 Å². The molecule has 0 saturated carbocycles. The summed E-state index contributed by atoms with van der Waals surface area (Å²) in [6.07, 6.45) is -4.67. The highest BCUT2D eigenvalue weighted by Crippen LogP contribution is 2.24. The summed E-state index contributed by atoms with van der Waals surface area (Å²) in [5, 5.41) is 2.08. The van der Waals surface area contributed by atoms with Crippen LogP contribution >= 0.6 is 0 Å². The number of hydrogen-bond donors (Lipinski definition) is 2. The Morgan fingerprint density at radius 3 is 2.59 bits per heavy atom. The number of ether oxygens (including phenoxy) is 1. The topological polar surface area (TPSA) is 105 Å². The molecule has 1 aliphatic rings. The lowest BCUT2D eigenvalue weighted by atomic mass is 10.2. The highest BCUT2D eigenvalue weighted by molar-refractivity contribution is 6.09. The number of carbonyl (C=O) groups excluding carboxylic acids is 3. The van der Waals surface area contributed by atoms with Gasteiger partial charge in [-0.25, -0.2) is 4.39 Å². The fourth-order valence-electron chi connectivity index (χ4n) is 2.86. The van der Waals surface area contributed by atoms with Crippen molar-refractivity contribution in [3.05, 3.63) is 24.0 Å². The SMILES string of the molecule is CCN(CC(F)(F)F)[C@@H](C(N)=O)C(=O)Nc1ccc(N2CCOCC2=O)cc1F. The first-order valence-electron chi connectivity index (χ1n) is 8.62. The smallest absolute Gasteiger partial charge is 0.370 e. The average Bonchev–Trinajstić information content (AvgIpc) is 2.62. The third-order valence-electron chi connectivity index (χ3n) is 4.18. The predicted octanol–water partition coefficient (Wildman–Crippen LogP) is 0.865. The van der Waals surface area contributed by atoms with Gasteiger partial charge >= 0.3 is 6.18 Å². The number of hydrogen-bond acceptors (Lipinski definition) is 5. The monoisotopic (exact) mass is 420 g/mol. The van der Waals surface area contributed by atoms with Crippen molar-refractivity contribution >= 4 is 29.1 Å². The van der Waals surface area contributed by atoms with Crippen LogP contribution in [0, 0.1) is 5.82 Å². The van der Waals surface area contributed by atoms with Crippen LogP contribution < -0.4 is 16.0 Å². The number of nitrogens with zero attached hydrogens (tertiary/aromatic N) is 2. The van der Waals surface area contributed by atoms with E-state index in [0.29, 0.717) is 4.90 Å². The molecule has 160 valence electrons. The molecule has 1 aliphatic heterocycles. The molecule has 0 aliphatic carbocycles. The summed E-state index contributed by atoms with van der Waals surface area (Å²) in [4.78, 5) is 37.6. The molecule has 0 unspecified atom stereocenters. The molecule has 1 fully saturated rings. The maximum atomic E-state index is 14.4. The van der Waals surface area contributed by atoms with Crippen LogP contribution in [0.15, 0.2) is 18.2 Å². The first-order valence-corrected chi connectivity index (χ1v) is 8.62. The van der Waals surface area contributed by atoms with Gasteiger partial charge in [-0.1, -0.05) is 6.92 Å². The van der Waals surface area contributed by atoms with Gasteiger partial charge in [0.15, 0.2) is 6.04 Å². The van der Waals surface area contributed by atoms with Crippen molar-refractivity contribution in [3.8, 4) is 0 Å². The third-order valence-corrected chi connectivity index (χ3v) is 4.18. The molecule has 3 amide bonds. The molecular formula is C17H20F4N4O4. The number of amides is 3. The second-order valence-electron chi connectivity index (χ2n) is 6.23. The summed E-state index contributed by atoms with van der Waals surface area (Å²) in [6.45, 7) is -0.156. The zero-order valence-corrected chi connectivity index (χ0v) is 15.5. The van der Waals surface area contributed by atoms with E-state index in [0.717, 1.165) is 12.1 Å². The molecule has 0 spiro atoms. The third kappa shape index (κ3) is 5.87. The largest absolute Gasteiger partial charge is 0.401 e. The number of likely N-dealkylation sites (N-methyl/N-ethyl adjacent to an activating group) is 1. The lowest BCUT2D eigenvalue weighted by molar-refractivity contribution is -0.156. The van der Waals surface area contributed by atoms with Crippen molar-refractivity contribution in [2.45, 2.75) is 19.1 Å². The number of morpholine rings is 1. The van der Waals surface area contributed by atoms with E-state index in [2.05, 4.69) is 5.32 Å². The van der Waals surface area contributed by atoms with Crippen molar-refractivity contribution in [3.63, 3.8) is 0 Å². The zero-order valence-electron chi connectivity index (χ0n) is 15.5. The molecule has 2 rings (SSSR count). The molecule has 8 nitrogen and oxygen atoms in total. The van der Waals surface area contributed by atoms with Gasteiger partial charge in [0, 0.05) is 12.2 Å². The Labute approximate surface area is 163 Å². The number of primary amides is 1. The minimum Gasteiger partial charge on any atom is -0.370 e. The number of carbonyl (C=O) groups is 3. The lowest BCUT2D eigenvalue weighted by Gasteiger charge is -2.28. The number of benzene rings is 1. The van der Waals surface area contributed by atoms with Crippen molar-refractivity contribution in [1.29, 1.82) is 0 Å². The molecule has 12 heteroatoms. The van der Waals surface area contributed by atoms with Gasteiger partial charge in [0.2, 0.25) is 5.91 Å². The van der Waals surface area contributed by atoms with Gasteiger partial charge in [-0.2, -0.15) is 13.2 Å². The first kappa shape index (κ1) is 22.6. The maximum Gasteiger partial charge on any atom is 0.401 e. The van der Waals surface area contributed by atoms with Crippen molar-refractivity contribution in [2.75, 3.05) is 43.1 Å². The van der Waals surface area contributed by atoms with Crippen LogP contribution in [0.1, 0.15) is 6.92 Å². The standard InChI is InChI=1S/C17H20F4N4O4/c1-2-24(9-17(19,20)21)14(15(22)27)16(28)23-12-4-3-10(7-11(12)18)25-5-6-29-8-13(25)26/h3-4,7,14H,2,5-6,8-9H2,1H3,(H2,22,27)(H,23,28)/t14-/m0/s1. The Morgan fingerprint density at radius 1 is 1.38 bits per heavy atom. The zero-order chi connectivity index (χ0) is 21.8. The fourth-order valence-corrected chi connectivity index (χ4v) is 2.86. The van der Waals surface area contributed by atoms with E-state index in [-0.39, 0.29) is 43.6 Å². The van der Waals surface area contributed by atoms with Gasteiger partial charge in [-0.05, 0) is 24.7 Å². The molecular weight excluding hydrogens is 400 g/mol. The minimum atomic E-state index is -4.67. The van der Waals surface area contributed by atoms with E-state index in [1.807, 2.05) is 0 Å². The number of nitrogens with two attached hydrogens (primary N) is 1. The number of rotatable bonds is 7. The van der Waals surface area contributed by atoms with Crippen LogP contribution in [-0.4, -0.2) is 67.7 Å². The Morgan fingerprint density at radius 2 is 2.07 bits per heavy atom. The Kier molecular flexibility index (Phi) is 7.14. The van der Waals surface area contributed by atoms with E-state index in [1.165, 1.54) is 17.9 Å². The normalized spacial score (nSPS) is 16.1. The van der Waals surface area contributed by atoms with Crippen LogP contribution in [0.3, 0.4) is 0 Å². The first-order chi connectivity index (χ1) is 13.5. The number of anilines is 2. The second kappa shape index (κ2) is 9.18.